The second-order valence-corrected chi connectivity index (χ2v) is 11.3. The Balaban J connectivity index is 1.26. The first-order valence-electron chi connectivity index (χ1n) is 13.3. The molecule has 8 unspecified atom stereocenters. The first-order chi connectivity index (χ1) is 17.0. The Bertz CT molecular complexity index is 885. The quantitative estimate of drug-likeness (QED) is 0.308. The molecule has 0 spiro atoms. The fraction of sp³-hybridized carbons (Fsp3) is 0.833. The second-order valence-electron chi connectivity index (χ2n) is 11.0. The van der Waals surface area contributed by atoms with Crippen LogP contribution in [0.25, 0.3) is 0 Å². The van der Waals surface area contributed by atoms with E-state index in [1.807, 2.05) is 0 Å². The number of nitrogens with one attached hydrogen (secondary N) is 6. The van der Waals surface area contributed by atoms with Crippen molar-refractivity contribution in [3.8, 4) is 0 Å². The van der Waals surface area contributed by atoms with Crippen LogP contribution in [0, 0.1) is 11.8 Å². The molecule has 10 nitrogen and oxygen atoms in total. The molecule has 6 rings (SSSR count). The smallest absolute Gasteiger partial charge is 0.129 e. The van der Waals surface area contributed by atoms with Crippen molar-refractivity contribution in [2.75, 3.05) is 33.3 Å². The Morgan fingerprint density at radius 3 is 2.77 bits per heavy atom. The SMILES string of the molecule is C[C@H]1CCOC2C(CNN2C)C2NCCC(NC3CC4C(CN3)C(c3ccc(CCl)n3C)NN41)N2. The van der Waals surface area contributed by atoms with Crippen LogP contribution < -0.4 is 32.1 Å². The van der Waals surface area contributed by atoms with Gasteiger partial charge in [-0.25, -0.2) is 15.4 Å². The van der Waals surface area contributed by atoms with E-state index < -0.39 is 0 Å². The normalized spacial score (nSPS) is 43.1. The molecule has 5 aliphatic heterocycles. The minimum Gasteiger partial charge on any atom is -0.361 e. The first-order valence-corrected chi connectivity index (χ1v) is 13.9. The lowest BCUT2D eigenvalue weighted by Gasteiger charge is -2.43. The van der Waals surface area contributed by atoms with Crippen LogP contribution in [0.2, 0.25) is 0 Å². The summed E-state index contributed by atoms with van der Waals surface area (Å²) in [7, 11) is 4.23. The lowest BCUT2D eigenvalue weighted by atomic mass is 9.85. The number of hydrogen-bond donors (Lipinski definition) is 6. The van der Waals surface area contributed by atoms with Gasteiger partial charge in [0.15, 0.2) is 0 Å². The number of fused-ring (bicyclic) bond motifs is 5. The summed E-state index contributed by atoms with van der Waals surface area (Å²) < 4.78 is 8.79. The van der Waals surface area contributed by atoms with Gasteiger partial charge >= 0.3 is 0 Å². The molecule has 35 heavy (non-hydrogen) atoms. The Hall–Kier alpha value is -0.790. The van der Waals surface area contributed by atoms with Crippen molar-refractivity contribution in [1.29, 1.82) is 0 Å². The molecule has 1 aromatic heterocycles. The van der Waals surface area contributed by atoms with Crippen molar-refractivity contribution < 1.29 is 4.74 Å². The van der Waals surface area contributed by atoms with Gasteiger partial charge in [-0.05, 0) is 44.9 Å². The molecule has 6 N–H and O–H groups in total. The third-order valence-corrected chi connectivity index (χ3v) is 9.27. The van der Waals surface area contributed by atoms with Crippen LogP contribution in [0.15, 0.2) is 12.1 Å². The second kappa shape index (κ2) is 10.2. The minimum absolute atomic E-state index is 0.0518. The molecule has 5 aliphatic rings. The average molecular weight is 508 g/mol. The van der Waals surface area contributed by atoms with Gasteiger partial charge in [0, 0.05) is 62.5 Å². The molecule has 196 valence electrons. The van der Waals surface area contributed by atoms with Crippen LogP contribution in [0.4, 0.5) is 0 Å². The number of hydrogen-bond acceptors (Lipinski definition) is 9. The molecule has 0 aromatic carbocycles. The highest BCUT2D eigenvalue weighted by Gasteiger charge is 2.48. The molecular weight excluding hydrogens is 466 g/mol. The lowest BCUT2D eigenvalue weighted by molar-refractivity contribution is -0.0791. The van der Waals surface area contributed by atoms with E-state index in [0.29, 0.717) is 29.8 Å². The van der Waals surface area contributed by atoms with Crippen molar-refractivity contribution in [2.24, 2.45) is 18.9 Å². The molecule has 1 aromatic rings. The van der Waals surface area contributed by atoms with Crippen LogP contribution >= 0.6 is 11.6 Å². The number of halogens is 1. The highest BCUT2D eigenvalue weighted by molar-refractivity contribution is 6.16. The summed E-state index contributed by atoms with van der Waals surface area (Å²) >= 11 is 6.20. The molecule has 5 fully saturated rings. The summed E-state index contributed by atoms with van der Waals surface area (Å²) in [6.45, 7) is 5.98. The monoisotopic (exact) mass is 507 g/mol. The van der Waals surface area contributed by atoms with E-state index in [1.165, 1.54) is 5.69 Å². The van der Waals surface area contributed by atoms with Crippen molar-refractivity contribution in [2.45, 2.75) is 74.9 Å². The molecular formula is C24H42ClN9O. The number of ether oxygens (including phenoxy) is 1. The summed E-state index contributed by atoms with van der Waals surface area (Å²) in [5.74, 6) is 1.38. The van der Waals surface area contributed by atoms with Gasteiger partial charge in [-0.3, -0.25) is 16.1 Å². The first kappa shape index (κ1) is 24.5. The average Bonchev–Trinajstić information content (AvgIpc) is 3.53. The zero-order valence-corrected chi connectivity index (χ0v) is 21.9. The highest BCUT2D eigenvalue weighted by atomic mass is 35.5. The van der Waals surface area contributed by atoms with Crippen molar-refractivity contribution in [1.82, 2.24) is 46.7 Å². The van der Waals surface area contributed by atoms with Gasteiger partial charge in [0.1, 0.15) is 6.23 Å². The standard InChI is InChI=1S/C24H42ClN9O/c1-14-7-9-35-24-17(13-28-33(24)3)23-26-8-6-20(30-23)29-21-10-19-16(12-27-21)22(31-34(14)19)18-5-4-15(11-25)32(18)2/h4-5,14,16-17,19-24,26-31H,6-13H2,1-3H3/t14-,16?,17?,19?,20?,21?,22?,23?,24?/m0/s1. The van der Waals surface area contributed by atoms with Gasteiger partial charge in [-0.1, -0.05) is 0 Å². The summed E-state index contributed by atoms with van der Waals surface area (Å²) in [5.41, 5.74) is 9.91. The van der Waals surface area contributed by atoms with E-state index in [0.717, 1.165) is 51.2 Å². The van der Waals surface area contributed by atoms with Crippen LogP contribution in [0.3, 0.4) is 0 Å². The van der Waals surface area contributed by atoms with Gasteiger partial charge in [0.05, 0.1) is 37.0 Å². The molecule has 6 heterocycles. The van der Waals surface area contributed by atoms with Gasteiger partial charge in [-0.2, -0.15) is 0 Å². The lowest BCUT2D eigenvalue weighted by Crippen LogP contribution is -2.67. The van der Waals surface area contributed by atoms with Crippen LogP contribution in [0.5, 0.6) is 0 Å². The van der Waals surface area contributed by atoms with E-state index in [2.05, 4.69) is 79.9 Å². The van der Waals surface area contributed by atoms with E-state index in [4.69, 9.17) is 16.3 Å². The minimum atomic E-state index is 0.0518. The summed E-state index contributed by atoms with van der Waals surface area (Å²) in [6, 6.07) is 5.50. The highest BCUT2D eigenvalue weighted by Crippen LogP contribution is 2.39. The molecule has 11 heteroatoms. The predicted octanol–water partition coefficient (Wildman–Crippen LogP) is -0.0448. The Kier molecular flexibility index (Phi) is 7.13. The molecule has 0 saturated carbocycles. The number of aromatic nitrogens is 1. The van der Waals surface area contributed by atoms with Crippen LogP contribution in [-0.2, 0) is 17.7 Å². The van der Waals surface area contributed by atoms with Gasteiger partial charge in [0.2, 0.25) is 0 Å². The van der Waals surface area contributed by atoms with E-state index in [9.17, 15) is 0 Å². The van der Waals surface area contributed by atoms with Crippen molar-refractivity contribution in [3.63, 3.8) is 0 Å². The van der Waals surface area contributed by atoms with Gasteiger partial charge in [-0.15, -0.1) is 11.6 Å². The number of piperidine rings is 1. The fourth-order valence-corrected chi connectivity index (χ4v) is 7.21. The summed E-state index contributed by atoms with van der Waals surface area (Å²) in [5, 5.41) is 20.0. The number of alkyl halides is 1. The maximum Gasteiger partial charge on any atom is 0.129 e. The van der Waals surface area contributed by atoms with Crippen LogP contribution in [0.1, 0.15) is 43.6 Å². The molecule has 4 bridgehead atoms. The summed E-state index contributed by atoms with van der Waals surface area (Å²) in [6.07, 6.45) is 3.96. The Labute approximate surface area is 213 Å². The van der Waals surface area contributed by atoms with Crippen LogP contribution in [-0.4, -0.2) is 84.7 Å². The number of rotatable bonds is 2. The maximum atomic E-state index is 6.52. The number of hydrazine groups is 2. The molecule has 9 atom stereocenters. The zero-order valence-electron chi connectivity index (χ0n) is 21.1. The molecule has 0 radical (unpaired) electrons. The maximum absolute atomic E-state index is 6.52. The predicted molar refractivity (Wildman–Crippen MR) is 136 cm³/mol. The largest absolute Gasteiger partial charge is 0.361 e. The summed E-state index contributed by atoms with van der Waals surface area (Å²) in [4.78, 5) is 0. The third kappa shape index (κ3) is 4.56. The topological polar surface area (TPSA) is 92.8 Å². The fourth-order valence-electron chi connectivity index (χ4n) is 6.95. The van der Waals surface area contributed by atoms with Crippen molar-refractivity contribution >= 4 is 11.6 Å². The third-order valence-electron chi connectivity index (χ3n) is 9.00. The molecule has 0 amide bonds. The van der Waals surface area contributed by atoms with Gasteiger partial charge < -0.3 is 19.9 Å². The van der Waals surface area contributed by atoms with E-state index in [1.54, 1.807) is 0 Å². The Morgan fingerprint density at radius 1 is 1.06 bits per heavy atom. The molecule has 5 saturated heterocycles. The number of nitrogens with zero attached hydrogens (tertiary/aromatic N) is 3. The zero-order chi connectivity index (χ0) is 24.1. The molecule has 0 aliphatic carbocycles. The van der Waals surface area contributed by atoms with E-state index >= 15 is 0 Å². The van der Waals surface area contributed by atoms with E-state index in [-0.39, 0.29) is 30.8 Å². The van der Waals surface area contributed by atoms with Gasteiger partial charge in [0.25, 0.3) is 0 Å². The Morgan fingerprint density at radius 2 is 1.94 bits per heavy atom. The van der Waals surface area contributed by atoms with Crippen molar-refractivity contribution in [3.05, 3.63) is 23.5 Å².